The number of halogens is 1. The van der Waals surface area contributed by atoms with E-state index < -0.39 is 5.95 Å². The lowest BCUT2D eigenvalue weighted by molar-refractivity contribution is 0.0950. The third-order valence-corrected chi connectivity index (χ3v) is 4.83. The molecule has 0 atom stereocenters. The van der Waals surface area contributed by atoms with Crippen molar-refractivity contribution >= 4 is 11.7 Å². The van der Waals surface area contributed by atoms with Crippen molar-refractivity contribution in [1.29, 1.82) is 0 Å². The van der Waals surface area contributed by atoms with Crippen LogP contribution in [0, 0.1) is 5.95 Å². The van der Waals surface area contributed by atoms with Crippen molar-refractivity contribution in [1.82, 2.24) is 25.3 Å². The molecule has 0 bridgehead atoms. The second-order valence-corrected chi connectivity index (χ2v) is 7.33. The van der Waals surface area contributed by atoms with Gasteiger partial charge in [0.15, 0.2) is 0 Å². The molecule has 0 unspecified atom stereocenters. The van der Waals surface area contributed by atoms with Crippen molar-refractivity contribution in [3.05, 3.63) is 90.4 Å². The summed E-state index contributed by atoms with van der Waals surface area (Å²) < 4.78 is 13.3. The molecule has 1 amide bonds. The van der Waals surface area contributed by atoms with Gasteiger partial charge >= 0.3 is 0 Å². The predicted octanol–water partition coefficient (Wildman–Crippen LogP) is 3.74. The number of carbonyl (C=O) groups excluding carboxylic acids is 1. The molecule has 7 nitrogen and oxygen atoms in total. The first-order valence-electron chi connectivity index (χ1n) is 9.94. The summed E-state index contributed by atoms with van der Waals surface area (Å²) in [6, 6.07) is 14.0. The number of pyridine rings is 4. The summed E-state index contributed by atoms with van der Waals surface area (Å²) in [6.45, 7) is 0.314. The molecule has 0 aliphatic carbocycles. The monoisotopic (exact) mass is 428 g/mol. The van der Waals surface area contributed by atoms with Gasteiger partial charge in [0.1, 0.15) is 5.82 Å². The van der Waals surface area contributed by atoms with E-state index in [9.17, 15) is 9.18 Å². The Hall–Kier alpha value is -4.20. The fraction of sp³-hybridized carbons (Fsp3) is 0.125. The second-order valence-electron chi connectivity index (χ2n) is 7.33. The minimum absolute atomic E-state index is 0.231. The first-order chi connectivity index (χ1) is 15.5. The molecule has 0 aliphatic heterocycles. The number of aromatic nitrogens is 4. The van der Waals surface area contributed by atoms with E-state index in [4.69, 9.17) is 0 Å². The van der Waals surface area contributed by atoms with Gasteiger partial charge in [0.25, 0.3) is 5.91 Å². The van der Waals surface area contributed by atoms with Gasteiger partial charge in [-0.05, 0) is 42.0 Å². The molecular weight excluding hydrogens is 407 g/mol. The molecule has 0 spiro atoms. The van der Waals surface area contributed by atoms with Gasteiger partial charge in [-0.1, -0.05) is 6.07 Å². The molecule has 4 heterocycles. The molecule has 4 aromatic rings. The highest BCUT2D eigenvalue weighted by Gasteiger charge is 2.08. The molecule has 0 fully saturated rings. The Morgan fingerprint density at radius 3 is 2.28 bits per heavy atom. The Morgan fingerprint density at radius 1 is 0.875 bits per heavy atom. The zero-order chi connectivity index (χ0) is 22.5. The molecule has 160 valence electrons. The van der Waals surface area contributed by atoms with Crippen LogP contribution in [0.25, 0.3) is 22.5 Å². The predicted molar refractivity (Wildman–Crippen MR) is 120 cm³/mol. The normalized spacial score (nSPS) is 10.6. The van der Waals surface area contributed by atoms with Crippen LogP contribution in [0.15, 0.2) is 73.3 Å². The van der Waals surface area contributed by atoms with Crippen LogP contribution in [0.2, 0.25) is 0 Å². The maximum atomic E-state index is 13.3. The standard InChI is InChI=1S/C24H21FN6O/c1-31(2)23-8-5-18(14-29-23)21-7-4-19(15-28-21)24(32)30-13-16-3-6-20(27-12-16)17-9-10-26-22(25)11-17/h3-12,14-15H,13H2,1-2H3,(H,30,32). The van der Waals surface area contributed by atoms with Crippen LogP contribution < -0.4 is 10.2 Å². The third kappa shape index (κ3) is 4.92. The highest BCUT2D eigenvalue weighted by molar-refractivity contribution is 5.94. The molecule has 4 aromatic heterocycles. The van der Waals surface area contributed by atoms with Crippen LogP contribution in [-0.2, 0) is 6.54 Å². The first-order valence-corrected chi connectivity index (χ1v) is 9.94. The number of nitrogens with zero attached hydrogens (tertiary/aromatic N) is 5. The van der Waals surface area contributed by atoms with Gasteiger partial charge in [-0.25, -0.2) is 9.97 Å². The van der Waals surface area contributed by atoms with Gasteiger partial charge in [-0.15, -0.1) is 0 Å². The topological polar surface area (TPSA) is 83.9 Å². The van der Waals surface area contributed by atoms with Gasteiger partial charge < -0.3 is 10.2 Å². The lowest BCUT2D eigenvalue weighted by Gasteiger charge is -2.11. The second kappa shape index (κ2) is 9.30. The number of amides is 1. The average molecular weight is 428 g/mol. The van der Waals surface area contributed by atoms with E-state index >= 15 is 0 Å². The largest absolute Gasteiger partial charge is 0.363 e. The van der Waals surface area contributed by atoms with Gasteiger partial charge in [0.2, 0.25) is 5.95 Å². The summed E-state index contributed by atoms with van der Waals surface area (Å²) in [4.78, 5) is 31.0. The number of anilines is 1. The minimum atomic E-state index is -0.554. The molecule has 4 rings (SSSR count). The lowest BCUT2D eigenvalue weighted by Crippen LogP contribution is -2.23. The number of rotatable bonds is 6. The zero-order valence-corrected chi connectivity index (χ0v) is 17.7. The van der Waals surface area contributed by atoms with Crippen LogP contribution in [0.3, 0.4) is 0 Å². The highest BCUT2D eigenvalue weighted by Crippen LogP contribution is 2.19. The number of hydrogen-bond donors (Lipinski definition) is 1. The lowest BCUT2D eigenvalue weighted by atomic mass is 10.1. The van der Waals surface area contributed by atoms with E-state index in [0.29, 0.717) is 23.4 Å². The molecule has 0 aliphatic rings. The Kier molecular flexibility index (Phi) is 6.12. The fourth-order valence-electron chi connectivity index (χ4n) is 3.05. The average Bonchev–Trinajstić information content (AvgIpc) is 2.83. The van der Waals surface area contributed by atoms with Gasteiger partial charge in [0.05, 0.1) is 17.0 Å². The fourth-order valence-corrected chi connectivity index (χ4v) is 3.05. The first kappa shape index (κ1) is 21.0. The van der Waals surface area contributed by atoms with Crippen LogP contribution in [-0.4, -0.2) is 39.9 Å². The molecule has 0 radical (unpaired) electrons. The molecule has 0 aromatic carbocycles. The molecule has 32 heavy (non-hydrogen) atoms. The summed E-state index contributed by atoms with van der Waals surface area (Å²) in [5.74, 6) is 0.0766. The Labute approximate surface area is 185 Å². The Morgan fingerprint density at radius 2 is 1.66 bits per heavy atom. The third-order valence-electron chi connectivity index (χ3n) is 4.83. The van der Waals surface area contributed by atoms with E-state index in [-0.39, 0.29) is 5.91 Å². The van der Waals surface area contributed by atoms with Gasteiger partial charge in [0, 0.05) is 62.6 Å². The van der Waals surface area contributed by atoms with Crippen LogP contribution in [0.4, 0.5) is 10.2 Å². The minimum Gasteiger partial charge on any atom is -0.363 e. The molecule has 8 heteroatoms. The highest BCUT2D eigenvalue weighted by atomic mass is 19.1. The summed E-state index contributed by atoms with van der Waals surface area (Å²) in [5, 5.41) is 2.86. The van der Waals surface area contributed by atoms with E-state index in [1.807, 2.05) is 37.2 Å². The smallest absolute Gasteiger partial charge is 0.253 e. The van der Waals surface area contributed by atoms with Crippen molar-refractivity contribution in [2.75, 3.05) is 19.0 Å². The van der Waals surface area contributed by atoms with Crippen LogP contribution in [0.5, 0.6) is 0 Å². The number of nitrogens with one attached hydrogen (secondary N) is 1. The van der Waals surface area contributed by atoms with E-state index in [2.05, 4.69) is 25.3 Å². The van der Waals surface area contributed by atoms with E-state index in [1.54, 1.807) is 42.9 Å². The van der Waals surface area contributed by atoms with Gasteiger partial charge in [-0.3, -0.25) is 14.8 Å². The molecule has 0 saturated heterocycles. The summed E-state index contributed by atoms with van der Waals surface area (Å²) in [7, 11) is 3.86. The SMILES string of the molecule is CN(C)c1ccc(-c2ccc(C(=O)NCc3ccc(-c4ccnc(F)c4)nc3)cn2)cn1. The van der Waals surface area contributed by atoms with Crippen LogP contribution in [0.1, 0.15) is 15.9 Å². The van der Waals surface area contributed by atoms with Crippen molar-refractivity contribution < 1.29 is 9.18 Å². The van der Waals surface area contributed by atoms with E-state index in [1.165, 1.54) is 12.3 Å². The maximum Gasteiger partial charge on any atom is 0.253 e. The van der Waals surface area contributed by atoms with Gasteiger partial charge in [-0.2, -0.15) is 4.39 Å². The molecule has 0 saturated carbocycles. The zero-order valence-electron chi connectivity index (χ0n) is 17.7. The van der Waals surface area contributed by atoms with Crippen molar-refractivity contribution in [2.24, 2.45) is 0 Å². The van der Waals surface area contributed by atoms with E-state index in [0.717, 1.165) is 22.6 Å². The molecule has 1 N–H and O–H groups in total. The summed E-state index contributed by atoms with van der Waals surface area (Å²) in [5.41, 5.74) is 4.19. The summed E-state index contributed by atoms with van der Waals surface area (Å²) in [6.07, 6.45) is 6.35. The Bertz CT molecular complexity index is 1210. The van der Waals surface area contributed by atoms with Crippen molar-refractivity contribution in [3.8, 4) is 22.5 Å². The van der Waals surface area contributed by atoms with Crippen molar-refractivity contribution in [2.45, 2.75) is 6.54 Å². The quantitative estimate of drug-likeness (QED) is 0.471. The Balaban J connectivity index is 1.37. The maximum absolute atomic E-state index is 13.3. The summed E-state index contributed by atoms with van der Waals surface area (Å²) >= 11 is 0. The molecular formula is C24H21FN6O. The van der Waals surface area contributed by atoms with Crippen molar-refractivity contribution in [3.63, 3.8) is 0 Å². The van der Waals surface area contributed by atoms with Crippen LogP contribution >= 0.6 is 0 Å². The number of carbonyl (C=O) groups is 1. The number of hydrogen-bond acceptors (Lipinski definition) is 6.